The van der Waals surface area contributed by atoms with E-state index in [1.54, 1.807) is 18.5 Å². The molecule has 1 aliphatic carbocycles. The van der Waals surface area contributed by atoms with Gasteiger partial charge in [0.05, 0.1) is 6.07 Å². The first-order chi connectivity index (χ1) is 10.3. The molecule has 0 bridgehead atoms. The van der Waals surface area contributed by atoms with Crippen molar-refractivity contribution in [1.82, 2.24) is 15.3 Å². The van der Waals surface area contributed by atoms with E-state index in [1.807, 2.05) is 30.3 Å². The maximum atomic E-state index is 9.82. The molecule has 1 unspecified atom stereocenters. The highest BCUT2D eigenvalue weighted by molar-refractivity contribution is 7.99. The van der Waals surface area contributed by atoms with Crippen molar-refractivity contribution >= 4 is 11.8 Å². The van der Waals surface area contributed by atoms with Crippen LogP contribution in [0.1, 0.15) is 18.4 Å². The van der Waals surface area contributed by atoms with Crippen LogP contribution in [0.4, 0.5) is 0 Å². The van der Waals surface area contributed by atoms with E-state index in [0.717, 1.165) is 18.4 Å². The topological polar surface area (TPSA) is 61.6 Å². The van der Waals surface area contributed by atoms with Gasteiger partial charge in [0.15, 0.2) is 5.16 Å². The van der Waals surface area contributed by atoms with Crippen LogP contribution in [0.5, 0.6) is 0 Å². The van der Waals surface area contributed by atoms with Crippen LogP contribution in [0.3, 0.4) is 0 Å². The van der Waals surface area contributed by atoms with Crippen molar-refractivity contribution in [3.63, 3.8) is 0 Å². The molecule has 0 aliphatic heterocycles. The summed E-state index contributed by atoms with van der Waals surface area (Å²) in [5, 5.41) is 14.0. The molecule has 21 heavy (non-hydrogen) atoms. The normalized spacial score (nSPS) is 16.9. The quantitative estimate of drug-likeness (QED) is 0.656. The Morgan fingerprint density at radius 3 is 2.52 bits per heavy atom. The molecule has 3 rings (SSSR count). The van der Waals surface area contributed by atoms with Gasteiger partial charge < -0.3 is 0 Å². The summed E-state index contributed by atoms with van der Waals surface area (Å²) in [5.74, 6) is 0.591. The second-order valence-corrected chi connectivity index (χ2v) is 6.06. The van der Waals surface area contributed by atoms with Crippen molar-refractivity contribution in [3.8, 4) is 6.07 Å². The number of thioether (sulfide) groups is 1. The van der Waals surface area contributed by atoms with Crippen LogP contribution in [-0.4, -0.2) is 21.8 Å². The minimum atomic E-state index is -0.688. The van der Waals surface area contributed by atoms with E-state index in [4.69, 9.17) is 0 Å². The summed E-state index contributed by atoms with van der Waals surface area (Å²) in [6.45, 7) is 0. The van der Waals surface area contributed by atoms with Crippen molar-refractivity contribution in [2.75, 3.05) is 5.75 Å². The number of hydrogen-bond acceptors (Lipinski definition) is 5. The minimum absolute atomic E-state index is 0.446. The highest BCUT2D eigenvalue weighted by atomic mass is 32.2. The minimum Gasteiger partial charge on any atom is -0.292 e. The molecule has 1 aromatic heterocycles. The number of rotatable bonds is 6. The molecule has 1 aliphatic rings. The number of aromatic nitrogens is 2. The third-order valence-corrected chi connectivity index (χ3v) is 4.49. The van der Waals surface area contributed by atoms with Crippen molar-refractivity contribution < 1.29 is 0 Å². The highest BCUT2D eigenvalue weighted by Crippen LogP contribution is 2.32. The maximum absolute atomic E-state index is 9.82. The molecular formula is C16H16N4S. The third-order valence-electron chi connectivity index (χ3n) is 3.45. The summed E-state index contributed by atoms with van der Waals surface area (Å²) >= 11 is 1.51. The SMILES string of the molecule is N#CC(CSc1ncccn1)(NC1CC1)c1ccccc1. The second kappa shape index (κ2) is 6.25. The number of hydrogen-bond donors (Lipinski definition) is 1. The monoisotopic (exact) mass is 296 g/mol. The van der Waals surface area contributed by atoms with Gasteiger partial charge in [-0.1, -0.05) is 42.1 Å². The fraction of sp³-hybridized carbons (Fsp3) is 0.312. The van der Waals surface area contributed by atoms with Crippen LogP contribution in [0.2, 0.25) is 0 Å². The molecule has 1 fully saturated rings. The molecule has 106 valence electrons. The summed E-state index contributed by atoms with van der Waals surface area (Å²) in [6, 6.07) is 14.6. The van der Waals surface area contributed by atoms with Crippen LogP contribution in [0, 0.1) is 11.3 Å². The van der Waals surface area contributed by atoms with E-state index in [0.29, 0.717) is 17.0 Å². The van der Waals surface area contributed by atoms with Gasteiger partial charge in [0.1, 0.15) is 5.54 Å². The molecule has 1 aromatic carbocycles. The van der Waals surface area contributed by atoms with Gasteiger partial charge in [-0.05, 0) is 24.5 Å². The molecule has 1 atom stereocenters. The lowest BCUT2D eigenvalue weighted by Gasteiger charge is -2.28. The highest BCUT2D eigenvalue weighted by Gasteiger charge is 2.38. The Morgan fingerprint density at radius 1 is 1.19 bits per heavy atom. The van der Waals surface area contributed by atoms with Gasteiger partial charge >= 0.3 is 0 Å². The van der Waals surface area contributed by atoms with E-state index < -0.39 is 5.54 Å². The first-order valence-corrected chi connectivity index (χ1v) is 7.95. The van der Waals surface area contributed by atoms with E-state index in [1.165, 1.54) is 11.8 Å². The Morgan fingerprint density at radius 2 is 1.90 bits per heavy atom. The predicted molar refractivity (Wildman–Crippen MR) is 82.6 cm³/mol. The van der Waals surface area contributed by atoms with Crippen molar-refractivity contribution in [2.24, 2.45) is 0 Å². The van der Waals surface area contributed by atoms with Gasteiger partial charge in [-0.2, -0.15) is 5.26 Å². The van der Waals surface area contributed by atoms with E-state index in [-0.39, 0.29) is 0 Å². The lowest BCUT2D eigenvalue weighted by atomic mass is 9.93. The van der Waals surface area contributed by atoms with Gasteiger partial charge in [0.25, 0.3) is 0 Å². The molecule has 0 spiro atoms. The van der Waals surface area contributed by atoms with Gasteiger partial charge in [0, 0.05) is 24.2 Å². The zero-order valence-corrected chi connectivity index (χ0v) is 12.4. The fourth-order valence-corrected chi connectivity index (χ4v) is 3.10. The van der Waals surface area contributed by atoms with Gasteiger partial charge in [-0.15, -0.1) is 0 Å². The molecule has 1 saturated carbocycles. The lowest BCUT2D eigenvalue weighted by Crippen LogP contribution is -2.44. The van der Waals surface area contributed by atoms with Crippen molar-refractivity contribution in [2.45, 2.75) is 29.6 Å². The number of nitrogens with one attached hydrogen (secondary N) is 1. The van der Waals surface area contributed by atoms with E-state index in [9.17, 15) is 5.26 Å². The van der Waals surface area contributed by atoms with Crippen molar-refractivity contribution in [1.29, 1.82) is 5.26 Å². The summed E-state index contributed by atoms with van der Waals surface area (Å²) in [5.41, 5.74) is 0.314. The number of nitrogens with zero attached hydrogens (tertiary/aromatic N) is 3. The zero-order chi connectivity index (χ0) is 14.5. The first-order valence-electron chi connectivity index (χ1n) is 6.97. The van der Waals surface area contributed by atoms with Crippen LogP contribution in [-0.2, 0) is 5.54 Å². The average molecular weight is 296 g/mol. The Balaban J connectivity index is 1.83. The Labute approximate surface area is 128 Å². The molecule has 1 N–H and O–H groups in total. The van der Waals surface area contributed by atoms with Crippen LogP contribution in [0.25, 0.3) is 0 Å². The fourth-order valence-electron chi connectivity index (χ4n) is 2.17. The summed E-state index contributed by atoms with van der Waals surface area (Å²) in [6.07, 6.45) is 5.73. The predicted octanol–water partition coefficient (Wildman–Crippen LogP) is 2.74. The molecule has 0 amide bonds. The summed E-state index contributed by atoms with van der Waals surface area (Å²) in [7, 11) is 0. The molecule has 0 saturated heterocycles. The Bertz CT molecular complexity index is 622. The average Bonchev–Trinajstić information content (AvgIpc) is 3.37. The molecular weight excluding hydrogens is 280 g/mol. The smallest absolute Gasteiger partial charge is 0.187 e. The van der Waals surface area contributed by atoms with Gasteiger partial charge in [0.2, 0.25) is 0 Å². The molecule has 4 nitrogen and oxygen atoms in total. The van der Waals surface area contributed by atoms with E-state index in [2.05, 4.69) is 21.4 Å². The van der Waals surface area contributed by atoms with Gasteiger partial charge in [-0.25, -0.2) is 9.97 Å². The molecule has 0 radical (unpaired) electrons. The largest absolute Gasteiger partial charge is 0.292 e. The molecule has 1 heterocycles. The Kier molecular flexibility index (Phi) is 4.18. The standard InChI is InChI=1S/C16H16N4S/c17-11-16(20-14-7-8-14,13-5-2-1-3-6-13)12-21-15-18-9-4-10-19-15/h1-6,9-10,14,20H,7-8,12H2. The van der Waals surface area contributed by atoms with Crippen LogP contribution in [0.15, 0.2) is 53.9 Å². The molecule has 2 aromatic rings. The first kappa shape index (κ1) is 14.1. The Hall–Kier alpha value is -1.90. The number of nitriles is 1. The maximum Gasteiger partial charge on any atom is 0.187 e. The third kappa shape index (κ3) is 3.41. The van der Waals surface area contributed by atoms with Gasteiger partial charge in [-0.3, -0.25) is 5.32 Å². The number of benzene rings is 1. The van der Waals surface area contributed by atoms with Crippen molar-refractivity contribution in [3.05, 3.63) is 54.4 Å². The van der Waals surface area contributed by atoms with Crippen LogP contribution >= 0.6 is 11.8 Å². The lowest BCUT2D eigenvalue weighted by molar-refractivity contribution is 0.470. The van der Waals surface area contributed by atoms with E-state index >= 15 is 0 Å². The van der Waals surface area contributed by atoms with Crippen LogP contribution < -0.4 is 5.32 Å². The summed E-state index contributed by atoms with van der Waals surface area (Å²) < 4.78 is 0. The second-order valence-electron chi connectivity index (χ2n) is 5.12. The summed E-state index contributed by atoms with van der Waals surface area (Å²) in [4.78, 5) is 8.44. The molecule has 5 heteroatoms. The zero-order valence-electron chi connectivity index (χ0n) is 11.6.